The highest BCUT2D eigenvalue weighted by Crippen LogP contribution is 2.42. The summed E-state index contributed by atoms with van der Waals surface area (Å²) in [6, 6.07) is 9.34. The van der Waals surface area contributed by atoms with Gasteiger partial charge in [-0.2, -0.15) is 5.10 Å². The summed E-state index contributed by atoms with van der Waals surface area (Å²) in [6.07, 6.45) is -5.12. The van der Waals surface area contributed by atoms with Crippen molar-refractivity contribution in [1.82, 2.24) is 5.43 Å². The summed E-state index contributed by atoms with van der Waals surface area (Å²) in [4.78, 5) is 4.08. The number of aliphatic imine (C=N–C) groups is 1. The van der Waals surface area contributed by atoms with E-state index in [9.17, 15) is 26.2 Å². The molecule has 36 heavy (non-hydrogen) atoms. The Balaban J connectivity index is 2.30. The van der Waals surface area contributed by atoms with Crippen LogP contribution >= 0.6 is 18.7 Å². The van der Waals surface area contributed by atoms with Gasteiger partial charge in [-0.25, -0.2) is 13.4 Å². The zero-order chi connectivity index (χ0) is 27.1. The van der Waals surface area contributed by atoms with Crippen LogP contribution in [-0.2, 0) is 20.2 Å². The first-order valence-corrected chi connectivity index (χ1v) is 14.9. The van der Waals surface area contributed by atoms with E-state index < -0.39 is 40.1 Å². The van der Waals surface area contributed by atoms with Crippen LogP contribution in [0.4, 0.5) is 18.9 Å². The van der Waals surface area contributed by atoms with Gasteiger partial charge in [-0.05, 0) is 51.4 Å². The Bertz CT molecular complexity index is 1390. The molecule has 4 N–H and O–H groups in total. The van der Waals surface area contributed by atoms with Gasteiger partial charge in [-0.3, -0.25) is 5.43 Å². The van der Waals surface area contributed by atoms with Crippen LogP contribution in [-0.4, -0.2) is 44.4 Å². The van der Waals surface area contributed by atoms with Crippen LogP contribution in [0.15, 0.2) is 57.5 Å². The number of amidine groups is 1. The molecule has 15 heteroatoms. The Morgan fingerprint density at radius 2 is 1.83 bits per heavy atom. The fraction of sp³-hybridized carbons (Fsp3) is 0.333. The number of halogens is 4. The zero-order valence-corrected chi connectivity index (χ0v) is 22.1. The molecule has 1 unspecified atom stereocenters. The first kappa shape index (κ1) is 27.8. The summed E-state index contributed by atoms with van der Waals surface area (Å²) < 4.78 is 83.0. The second-order valence-corrected chi connectivity index (χ2v) is 14.6. The number of ether oxygens (including phenoxy) is 1. The highest BCUT2D eigenvalue weighted by atomic mass is 35.5. The number of para-hydroxylation sites is 1. The molecule has 2 aromatic rings. The van der Waals surface area contributed by atoms with Crippen LogP contribution in [0.25, 0.3) is 0 Å². The third kappa shape index (κ3) is 5.79. The summed E-state index contributed by atoms with van der Waals surface area (Å²) in [6.45, 7) is 5.75. The van der Waals surface area contributed by atoms with E-state index in [0.29, 0.717) is 0 Å². The second-order valence-electron chi connectivity index (χ2n) is 8.52. The minimum Gasteiger partial charge on any atom is -0.405 e. The normalized spacial score (nSPS) is 18.8. The molecular formula is C21H24ClF3N5O4PS. The Labute approximate surface area is 211 Å². The SMILES string of the molecule is CC(C)S(=O)(=O)c1ccccc1NC1(c2ccc(P(C)(C)=O)cc2OC(F)(F)F)N=C(N)C(Cl)=NN1. The van der Waals surface area contributed by atoms with Gasteiger partial charge in [0.15, 0.2) is 20.8 Å². The molecule has 1 atom stereocenters. The third-order valence-electron chi connectivity index (χ3n) is 5.15. The van der Waals surface area contributed by atoms with E-state index in [2.05, 4.69) is 25.6 Å². The number of alkyl halides is 3. The van der Waals surface area contributed by atoms with Crippen molar-refractivity contribution in [2.75, 3.05) is 18.6 Å². The first-order chi connectivity index (χ1) is 16.5. The molecule has 0 bridgehead atoms. The molecule has 0 saturated heterocycles. The molecule has 0 radical (unpaired) electrons. The molecule has 0 aliphatic carbocycles. The van der Waals surface area contributed by atoms with E-state index in [-0.39, 0.29) is 32.5 Å². The summed E-state index contributed by atoms with van der Waals surface area (Å²) >= 11 is 5.92. The van der Waals surface area contributed by atoms with Crippen molar-refractivity contribution in [3.63, 3.8) is 0 Å². The molecule has 1 aliphatic heterocycles. The van der Waals surface area contributed by atoms with E-state index in [0.717, 1.165) is 6.07 Å². The number of anilines is 1. The lowest BCUT2D eigenvalue weighted by atomic mass is 10.1. The van der Waals surface area contributed by atoms with Crippen molar-refractivity contribution in [3.05, 3.63) is 48.0 Å². The molecule has 1 aliphatic rings. The maximum atomic E-state index is 13.4. The molecular weight excluding hydrogens is 542 g/mol. The van der Waals surface area contributed by atoms with Crippen molar-refractivity contribution >= 4 is 50.6 Å². The van der Waals surface area contributed by atoms with Crippen molar-refractivity contribution in [3.8, 4) is 5.75 Å². The quantitative estimate of drug-likeness (QED) is 0.435. The van der Waals surface area contributed by atoms with E-state index >= 15 is 0 Å². The Hall–Kier alpha value is -2.76. The van der Waals surface area contributed by atoms with Gasteiger partial charge in [0.1, 0.15) is 12.9 Å². The fourth-order valence-electron chi connectivity index (χ4n) is 3.30. The van der Waals surface area contributed by atoms with Gasteiger partial charge < -0.3 is 20.4 Å². The molecule has 1 heterocycles. The van der Waals surface area contributed by atoms with Gasteiger partial charge in [0.05, 0.1) is 21.4 Å². The monoisotopic (exact) mass is 565 g/mol. The number of nitrogens with zero attached hydrogens (tertiary/aromatic N) is 2. The number of hydrazone groups is 1. The minimum absolute atomic E-state index is 0.00200. The van der Waals surface area contributed by atoms with Crippen molar-refractivity contribution in [1.29, 1.82) is 0 Å². The first-order valence-electron chi connectivity index (χ1n) is 10.4. The lowest BCUT2D eigenvalue weighted by molar-refractivity contribution is -0.275. The molecule has 0 saturated carbocycles. The molecule has 0 fully saturated rings. The fourth-order valence-corrected chi connectivity index (χ4v) is 5.45. The van der Waals surface area contributed by atoms with Crippen LogP contribution in [0.5, 0.6) is 5.75 Å². The topological polar surface area (TPSA) is 135 Å². The number of sulfone groups is 1. The highest BCUT2D eigenvalue weighted by molar-refractivity contribution is 7.92. The molecule has 0 spiro atoms. The van der Waals surface area contributed by atoms with Crippen molar-refractivity contribution < 1.29 is 30.9 Å². The third-order valence-corrected chi connectivity index (χ3v) is 9.16. The molecule has 0 aromatic heterocycles. The summed E-state index contributed by atoms with van der Waals surface area (Å²) in [5.74, 6) is -3.18. The predicted molar refractivity (Wildman–Crippen MR) is 134 cm³/mol. The van der Waals surface area contributed by atoms with Crippen LogP contribution < -0.4 is 26.5 Å². The van der Waals surface area contributed by atoms with E-state index in [4.69, 9.17) is 17.3 Å². The Morgan fingerprint density at radius 3 is 2.39 bits per heavy atom. The van der Waals surface area contributed by atoms with E-state index in [1.54, 1.807) is 0 Å². The highest BCUT2D eigenvalue weighted by Gasteiger charge is 2.42. The number of rotatable bonds is 7. The molecule has 196 valence electrons. The van der Waals surface area contributed by atoms with Gasteiger partial charge >= 0.3 is 6.36 Å². The smallest absolute Gasteiger partial charge is 0.405 e. The lowest BCUT2D eigenvalue weighted by Crippen LogP contribution is -2.51. The number of nitrogens with two attached hydrogens (primary N) is 1. The average molecular weight is 566 g/mol. The van der Waals surface area contributed by atoms with Crippen LogP contribution in [0.1, 0.15) is 19.4 Å². The van der Waals surface area contributed by atoms with Gasteiger partial charge in [-0.15, -0.1) is 13.2 Å². The van der Waals surface area contributed by atoms with Crippen molar-refractivity contribution in [2.24, 2.45) is 15.8 Å². The van der Waals surface area contributed by atoms with Gasteiger partial charge in [0.25, 0.3) is 5.79 Å². The van der Waals surface area contributed by atoms with Gasteiger partial charge in [0, 0.05) is 5.30 Å². The van der Waals surface area contributed by atoms with Crippen LogP contribution in [0.2, 0.25) is 0 Å². The summed E-state index contributed by atoms with van der Waals surface area (Å²) in [5, 5.41) is 5.72. The van der Waals surface area contributed by atoms with E-state index in [1.807, 2.05) is 0 Å². The maximum absolute atomic E-state index is 13.4. The standard InChI is InChI=1S/C21H24ClF3N5O4PS/c1-12(2)36(32,33)17-8-6-5-7-15(17)27-20(28-19(26)18(22)29-30-20)14-10-9-13(35(3,4)31)11-16(14)34-21(23,24)25/h5-12,27,30H,1-4H3,(H2,26,28). The Morgan fingerprint density at radius 1 is 1.19 bits per heavy atom. The van der Waals surface area contributed by atoms with Crippen LogP contribution in [0.3, 0.4) is 0 Å². The number of hydrogen-bond donors (Lipinski definition) is 3. The largest absolute Gasteiger partial charge is 0.573 e. The Kier molecular flexibility index (Phi) is 7.42. The predicted octanol–water partition coefficient (Wildman–Crippen LogP) is 3.75. The molecule has 3 rings (SSSR count). The van der Waals surface area contributed by atoms with Crippen molar-refractivity contribution in [2.45, 2.75) is 36.1 Å². The zero-order valence-electron chi connectivity index (χ0n) is 19.6. The number of nitrogens with one attached hydrogen (secondary N) is 2. The van der Waals surface area contributed by atoms with E-state index in [1.165, 1.54) is 63.6 Å². The maximum Gasteiger partial charge on any atom is 0.573 e. The molecule has 2 aromatic carbocycles. The summed E-state index contributed by atoms with van der Waals surface area (Å²) in [5.41, 5.74) is 8.14. The molecule has 9 nitrogen and oxygen atoms in total. The number of hydrogen-bond acceptors (Lipinski definition) is 9. The minimum atomic E-state index is -5.12. The van der Waals surface area contributed by atoms with Crippen LogP contribution in [0, 0.1) is 0 Å². The molecule has 0 amide bonds. The van der Waals surface area contributed by atoms with Gasteiger partial charge in [0.2, 0.25) is 0 Å². The van der Waals surface area contributed by atoms with Gasteiger partial charge in [-0.1, -0.05) is 29.8 Å². The lowest BCUT2D eigenvalue weighted by Gasteiger charge is -2.36. The average Bonchev–Trinajstić information content (AvgIpc) is 2.75. The summed E-state index contributed by atoms with van der Waals surface area (Å²) in [7, 11) is -6.84. The number of benzene rings is 2. The second kappa shape index (κ2) is 9.60.